The van der Waals surface area contributed by atoms with Gasteiger partial charge < -0.3 is 16.2 Å². The molecule has 2 rings (SSSR count). The van der Waals surface area contributed by atoms with E-state index in [0.29, 0.717) is 15.2 Å². The SMILES string of the molecule is Nc1cc(C(=O)O)c(F)cc1Nc1ccc(Br)c(Cl)c1Cl. The first-order valence-corrected chi connectivity index (χ1v) is 7.09. The Balaban J connectivity index is 2.43. The number of halogens is 4. The first-order chi connectivity index (χ1) is 9.81. The Morgan fingerprint density at radius 2 is 1.90 bits per heavy atom. The normalized spacial score (nSPS) is 10.5. The van der Waals surface area contributed by atoms with Crippen molar-refractivity contribution in [2.75, 3.05) is 11.1 Å². The Morgan fingerprint density at radius 1 is 1.24 bits per heavy atom. The summed E-state index contributed by atoms with van der Waals surface area (Å²) in [4.78, 5) is 10.8. The van der Waals surface area contributed by atoms with Crippen LogP contribution < -0.4 is 11.1 Å². The molecule has 0 aliphatic rings. The molecule has 0 spiro atoms. The van der Waals surface area contributed by atoms with Gasteiger partial charge in [0.1, 0.15) is 5.82 Å². The van der Waals surface area contributed by atoms with Crippen LogP contribution in [0.4, 0.5) is 21.5 Å². The summed E-state index contributed by atoms with van der Waals surface area (Å²) in [7, 11) is 0. The number of hydrogen-bond acceptors (Lipinski definition) is 3. The molecule has 0 radical (unpaired) electrons. The average molecular weight is 394 g/mol. The molecule has 0 aromatic heterocycles. The number of carboxylic acid groups (broad SMARTS) is 1. The largest absolute Gasteiger partial charge is 0.478 e. The molecule has 4 nitrogen and oxygen atoms in total. The summed E-state index contributed by atoms with van der Waals surface area (Å²) in [5.74, 6) is -2.30. The van der Waals surface area contributed by atoms with Gasteiger partial charge in [-0.05, 0) is 34.1 Å². The van der Waals surface area contributed by atoms with Gasteiger partial charge in [0.05, 0.1) is 32.7 Å². The zero-order valence-electron chi connectivity index (χ0n) is 10.3. The Morgan fingerprint density at radius 3 is 2.52 bits per heavy atom. The van der Waals surface area contributed by atoms with Crippen LogP contribution in [0.25, 0.3) is 0 Å². The van der Waals surface area contributed by atoms with Crippen molar-refractivity contribution in [3.63, 3.8) is 0 Å². The number of carboxylic acids is 1. The highest BCUT2D eigenvalue weighted by atomic mass is 79.9. The molecule has 0 bridgehead atoms. The molecule has 0 saturated heterocycles. The molecule has 0 aliphatic heterocycles. The molecule has 8 heteroatoms. The molecule has 2 aromatic carbocycles. The van der Waals surface area contributed by atoms with E-state index in [2.05, 4.69) is 21.2 Å². The summed E-state index contributed by atoms with van der Waals surface area (Å²) in [5, 5.41) is 12.2. The smallest absolute Gasteiger partial charge is 0.338 e. The molecule has 4 N–H and O–H groups in total. The molecule has 0 saturated carbocycles. The van der Waals surface area contributed by atoms with E-state index in [-0.39, 0.29) is 16.4 Å². The van der Waals surface area contributed by atoms with Gasteiger partial charge in [0.2, 0.25) is 0 Å². The monoisotopic (exact) mass is 392 g/mol. The predicted octanol–water partition coefficient (Wildman–Crippen LogP) is 4.92. The molecule has 0 aliphatic carbocycles. The lowest BCUT2D eigenvalue weighted by Crippen LogP contribution is -2.05. The summed E-state index contributed by atoms with van der Waals surface area (Å²) in [6, 6.07) is 5.31. The summed E-state index contributed by atoms with van der Waals surface area (Å²) in [5.41, 5.74) is 5.90. The van der Waals surface area contributed by atoms with Crippen molar-refractivity contribution in [2.24, 2.45) is 0 Å². The number of rotatable bonds is 3. The average Bonchev–Trinajstić information content (AvgIpc) is 2.42. The topological polar surface area (TPSA) is 75.4 Å². The highest BCUT2D eigenvalue weighted by molar-refractivity contribution is 9.10. The lowest BCUT2D eigenvalue weighted by molar-refractivity contribution is 0.0692. The van der Waals surface area contributed by atoms with Crippen LogP contribution in [-0.4, -0.2) is 11.1 Å². The third-order valence-corrected chi connectivity index (χ3v) is 4.45. The predicted molar refractivity (Wildman–Crippen MR) is 85.2 cm³/mol. The second-order valence-corrected chi connectivity index (χ2v) is 5.68. The fourth-order valence-electron chi connectivity index (χ4n) is 1.63. The molecule has 110 valence electrons. The number of anilines is 3. The van der Waals surface area contributed by atoms with E-state index in [1.165, 1.54) is 0 Å². The number of nitrogens with one attached hydrogen (secondary N) is 1. The van der Waals surface area contributed by atoms with Crippen molar-refractivity contribution in [3.8, 4) is 0 Å². The molecule has 0 heterocycles. The summed E-state index contributed by atoms with van der Waals surface area (Å²) >= 11 is 15.3. The van der Waals surface area contributed by atoms with E-state index in [0.717, 1.165) is 12.1 Å². The first-order valence-electron chi connectivity index (χ1n) is 5.54. The molecule has 2 aromatic rings. The van der Waals surface area contributed by atoms with Gasteiger partial charge in [-0.15, -0.1) is 0 Å². The van der Waals surface area contributed by atoms with E-state index in [9.17, 15) is 9.18 Å². The van der Waals surface area contributed by atoms with Crippen molar-refractivity contribution in [3.05, 3.63) is 50.2 Å². The van der Waals surface area contributed by atoms with Crippen molar-refractivity contribution < 1.29 is 14.3 Å². The van der Waals surface area contributed by atoms with Crippen molar-refractivity contribution in [2.45, 2.75) is 0 Å². The number of carbonyl (C=O) groups is 1. The van der Waals surface area contributed by atoms with Crippen molar-refractivity contribution in [1.82, 2.24) is 0 Å². The minimum absolute atomic E-state index is 0.0731. The van der Waals surface area contributed by atoms with Gasteiger partial charge in [0.15, 0.2) is 0 Å². The van der Waals surface area contributed by atoms with Crippen LogP contribution in [0.2, 0.25) is 10.0 Å². The summed E-state index contributed by atoms with van der Waals surface area (Å²) < 4.78 is 14.3. The molecule has 0 unspecified atom stereocenters. The zero-order chi connectivity index (χ0) is 15.7. The quantitative estimate of drug-likeness (QED) is 0.511. The highest BCUT2D eigenvalue weighted by Gasteiger charge is 2.15. The van der Waals surface area contributed by atoms with Gasteiger partial charge >= 0.3 is 5.97 Å². The Bertz CT molecular complexity index is 741. The maximum atomic E-state index is 13.7. The lowest BCUT2D eigenvalue weighted by Gasteiger charge is -2.13. The van der Waals surface area contributed by atoms with Gasteiger partial charge in [0, 0.05) is 10.5 Å². The van der Waals surface area contributed by atoms with Crippen LogP contribution in [0.1, 0.15) is 10.4 Å². The van der Waals surface area contributed by atoms with Crippen LogP contribution in [0, 0.1) is 5.82 Å². The fourth-order valence-corrected chi connectivity index (χ4v) is 2.45. The van der Waals surface area contributed by atoms with Gasteiger partial charge in [0.25, 0.3) is 0 Å². The van der Waals surface area contributed by atoms with Crippen LogP contribution in [0.15, 0.2) is 28.7 Å². The minimum Gasteiger partial charge on any atom is -0.478 e. The van der Waals surface area contributed by atoms with E-state index < -0.39 is 17.3 Å². The van der Waals surface area contributed by atoms with E-state index >= 15 is 0 Å². The fraction of sp³-hybridized carbons (Fsp3) is 0. The minimum atomic E-state index is -1.39. The number of nitrogens with two attached hydrogens (primary N) is 1. The van der Waals surface area contributed by atoms with Gasteiger partial charge in [-0.2, -0.15) is 0 Å². The van der Waals surface area contributed by atoms with E-state index in [1.54, 1.807) is 12.1 Å². The lowest BCUT2D eigenvalue weighted by atomic mass is 10.1. The number of benzene rings is 2. The maximum absolute atomic E-state index is 13.7. The third kappa shape index (κ3) is 3.23. The van der Waals surface area contributed by atoms with Gasteiger partial charge in [-0.1, -0.05) is 23.2 Å². The van der Waals surface area contributed by atoms with Gasteiger partial charge in [-0.25, -0.2) is 9.18 Å². The molecule has 21 heavy (non-hydrogen) atoms. The third-order valence-electron chi connectivity index (χ3n) is 2.67. The highest BCUT2D eigenvalue weighted by Crippen LogP contribution is 2.38. The van der Waals surface area contributed by atoms with E-state index in [1.807, 2.05) is 0 Å². The molecule has 0 amide bonds. The van der Waals surface area contributed by atoms with Crippen LogP contribution >= 0.6 is 39.1 Å². The van der Waals surface area contributed by atoms with Crippen LogP contribution in [0.5, 0.6) is 0 Å². The van der Waals surface area contributed by atoms with Crippen molar-refractivity contribution >= 4 is 62.2 Å². The van der Waals surface area contributed by atoms with E-state index in [4.69, 9.17) is 34.0 Å². The number of hydrogen-bond donors (Lipinski definition) is 3. The molecule has 0 fully saturated rings. The second kappa shape index (κ2) is 6.09. The number of aromatic carboxylic acids is 1. The number of nitrogen functional groups attached to an aromatic ring is 1. The van der Waals surface area contributed by atoms with Crippen LogP contribution in [-0.2, 0) is 0 Å². The van der Waals surface area contributed by atoms with Crippen LogP contribution in [0.3, 0.4) is 0 Å². The Hall–Kier alpha value is -1.50. The molecular weight excluding hydrogens is 386 g/mol. The zero-order valence-corrected chi connectivity index (χ0v) is 13.4. The second-order valence-electron chi connectivity index (χ2n) is 4.07. The van der Waals surface area contributed by atoms with Gasteiger partial charge in [-0.3, -0.25) is 0 Å². The standard InChI is InChI=1S/C13H8BrCl2FN2O2/c14-6-1-2-9(12(16)11(6)15)19-10-4-7(17)5(13(20)21)3-8(10)18/h1-4,19H,18H2,(H,20,21). The Kier molecular flexibility index (Phi) is 4.61. The maximum Gasteiger partial charge on any atom is 0.338 e. The molecule has 0 atom stereocenters. The van der Waals surface area contributed by atoms with Crippen molar-refractivity contribution in [1.29, 1.82) is 0 Å². The summed E-state index contributed by atoms with van der Waals surface area (Å²) in [6.07, 6.45) is 0. The summed E-state index contributed by atoms with van der Waals surface area (Å²) in [6.45, 7) is 0. The first kappa shape index (κ1) is 15.9. The molecular formula is C13H8BrCl2FN2O2. The Labute approximate surface area is 137 Å².